The van der Waals surface area contributed by atoms with Crippen LogP contribution in [-0.4, -0.2) is 23.8 Å². The molecule has 1 fully saturated rings. The van der Waals surface area contributed by atoms with Crippen LogP contribution in [0.5, 0.6) is 0 Å². The zero-order chi connectivity index (χ0) is 11.8. The third kappa shape index (κ3) is 2.20. The number of benzene rings is 1. The second kappa shape index (κ2) is 4.07. The standard InChI is InChI=1S/C11H12F3NO/c12-8-4-10(14)9(13)3-7(8)1-2-11(16)5-15-6-11/h3-4,15-16H,1-2,5-6H2. The van der Waals surface area contributed by atoms with Crippen LogP contribution >= 0.6 is 0 Å². The van der Waals surface area contributed by atoms with E-state index in [1.54, 1.807) is 0 Å². The van der Waals surface area contributed by atoms with Crippen molar-refractivity contribution < 1.29 is 18.3 Å². The molecule has 1 aromatic rings. The highest BCUT2D eigenvalue weighted by molar-refractivity contribution is 5.20. The molecule has 0 aliphatic carbocycles. The zero-order valence-electron chi connectivity index (χ0n) is 8.56. The minimum Gasteiger partial charge on any atom is -0.387 e. The van der Waals surface area contributed by atoms with E-state index in [1.165, 1.54) is 0 Å². The molecule has 0 amide bonds. The summed E-state index contributed by atoms with van der Waals surface area (Å²) in [7, 11) is 0. The number of rotatable bonds is 3. The molecular weight excluding hydrogens is 219 g/mol. The average Bonchev–Trinajstić information content (AvgIpc) is 2.19. The minimum absolute atomic E-state index is 0.0965. The number of hydrogen-bond acceptors (Lipinski definition) is 2. The lowest BCUT2D eigenvalue weighted by Crippen LogP contribution is -2.59. The lowest BCUT2D eigenvalue weighted by atomic mass is 9.89. The Kier molecular flexibility index (Phi) is 2.90. The van der Waals surface area contributed by atoms with Gasteiger partial charge in [-0.15, -0.1) is 0 Å². The Morgan fingerprint density at radius 2 is 1.75 bits per heavy atom. The van der Waals surface area contributed by atoms with E-state index in [0.29, 0.717) is 25.6 Å². The fourth-order valence-corrected chi connectivity index (χ4v) is 1.71. The maximum atomic E-state index is 13.2. The fraction of sp³-hybridized carbons (Fsp3) is 0.455. The predicted octanol–water partition coefficient (Wildman–Crippen LogP) is 1.37. The van der Waals surface area contributed by atoms with Gasteiger partial charge >= 0.3 is 0 Å². The second-order valence-electron chi connectivity index (χ2n) is 4.19. The Balaban J connectivity index is 2.06. The molecule has 0 saturated carbocycles. The van der Waals surface area contributed by atoms with Gasteiger partial charge in [0.1, 0.15) is 5.82 Å². The molecule has 5 heteroatoms. The van der Waals surface area contributed by atoms with Crippen LogP contribution in [0.3, 0.4) is 0 Å². The molecule has 0 radical (unpaired) electrons. The number of aliphatic hydroxyl groups is 1. The van der Waals surface area contributed by atoms with Gasteiger partial charge in [-0.25, -0.2) is 13.2 Å². The molecule has 2 N–H and O–H groups in total. The van der Waals surface area contributed by atoms with Crippen molar-refractivity contribution in [2.75, 3.05) is 13.1 Å². The maximum Gasteiger partial charge on any atom is 0.161 e. The molecule has 2 nitrogen and oxygen atoms in total. The van der Waals surface area contributed by atoms with Gasteiger partial charge in [-0.05, 0) is 24.5 Å². The number of halogens is 3. The largest absolute Gasteiger partial charge is 0.387 e. The highest BCUT2D eigenvalue weighted by Crippen LogP contribution is 2.21. The molecule has 0 unspecified atom stereocenters. The van der Waals surface area contributed by atoms with Crippen molar-refractivity contribution in [3.63, 3.8) is 0 Å². The first kappa shape index (κ1) is 11.4. The molecule has 1 aliphatic rings. The van der Waals surface area contributed by atoms with Gasteiger partial charge in [-0.3, -0.25) is 0 Å². The van der Waals surface area contributed by atoms with E-state index >= 15 is 0 Å². The van der Waals surface area contributed by atoms with Crippen LogP contribution < -0.4 is 5.32 Å². The van der Waals surface area contributed by atoms with E-state index in [0.717, 1.165) is 6.07 Å². The van der Waals surface area contributed by atoms with Crippen LogP contribution in [0.25, 0.3) is 0 Å². The van der Waals surface area contributed by atoms with Gasteiger partial charge in [0, 0.05) is 19.2 Å². The first-order valence-electron chi connectivity index (χ1n) is 5.07. The maximum absolute atomic E-state index is 13.2. The lowest BCUT2D eigenvalue weighted by molar-refractivity contribution is -0.0169. The van der Waals surface area contributed by atoms with Gasteiger partial charge < -0.3 is 10.4 Å². The van der Waals surface area contributed by atoms with E-state index in [2.05, 4.69) is 5.32 Å². The van der Waals surface area contributed by atoms with E-state index in [1.807, 2.05) is 0 Å². The van der Waals surface area contributed by atoms with E-state index < -0.39 is 23.1 Å². The topological polar surface area (TPSA) is 32.3 Å². The van der Waals surface area contributed by atoms with Crippen LogP contribution in [0.4, 0.5) is 13.2 Å². The molecule has 1 aromatic carbocycles. The Bertz CT molecular complexity index is 404. The quantitative estimate of drug-likeness (QED) is 0.770. The second-order valence-corrected chi connectivity index (χ2v) is 4.19. The van der Waals surface area contributed by atoms with Crippen LogP contribution in [0.1, 0.15) is 12.0 Å². The number of nitrogens with one attached hydrogen (secondary N) is 1. The molecule has 1 aliphatic heterocycles. The van der Waals surface area contributed by atoms with Crippen LogP contribution in [0, 0.1) is 17.5 Å². The summed E-state index contributed by atoms with van der Waals surface area (Å²) in [5, 5.41) is 12.6. The minimum atomic E-state index is -1.19. The van der Waals surface area contributed by atoms with Crippen molar-refractivity contribution in [3.05, 3.63) is 35.1 Å². The molecule has 0 atom stereocenters. The SMILES string of the molecule is OC1(CCc2cc(F)c(F)cc2F)CNC1. The molecule has 0 bridgehead atoms. The molecular formula is C11H12F3NO. The Morgan fingerprint density at radius 3 is 2.31 bits per heavy atom. The van der Waals surface area contributed by atoms with Gasteiger partial charge in [0.2, 0.25) is 0 Å². The summed E-state index contributed by atoms with van der Waals surface area (Å²) < 4.78 is 38.7. The first-order valence-corrected chi connectivity index (χ1v) is 5.07. The van der Waals surface area contributed by atoms with E-state index in [4.69, 9.17) is 0 Å². The highest BCUT2D eigenvalue weighted by atomic mass is 19.2. The molecule has 0 spiro atoms. The highest BCUT2D eigenvalue weighted by Gasteiger charge is 2.33. The lowest BCUT2D eigenvalue weighted by Gasteiger charge is -2.37. The Hall–Kier alpha value is -1.07. The summed E-state index contributed by atoms with van der Waals surface area (Å²) in [6.07, 6.45) is 0.531. The van der Waals surface area contributed by atoms with Crippen LogP contribution in [-0.2, 0) is 6.42 Å². The normalized spacial score (nSPS) is 18.2. The average molecular weight is 231 g/mol. The summed E-state index contributed by atoms with van der Waals surface area (Å²) in [6.45, 7) is 0.913. The van der Waals surface area contributed by atoms with Crippen LogP contribution in [0.2, 0.25) is 0 Å². The van der Waals surface area contributed by atoms with E-state index in [-0.39, 0.29) is 12.0 Å². The Morgan fingerprint density at radius 1 is 1.12 bits per heavy atom. The van der Waals surface area contributed by atoms with Crippen molar-refractivity contribution in [2.45, 2.75) is 18.4 Å². The molecule has 88 valence electrons. The van der Waals surface area contributed by atoms with Crippen molar-refractivity contribution in [2.24, 2.45) is 0 Å². The number of aryl methyl sites for hydroxylation is 1. The van der Waals surface area contributed by atoms with Gasteiger partial charge in [0.05, 0.1) is 5.60 Å². The summed E-state index contributed by atoms with van der Waals surface area (Å²) in [4.78, 5) is 0. The summed E-state index contributed by atoms with van der Waals surface area (Å²) >= 11 is 0. The zero-order valence-corrected chi connectivity index (χ0v) is 8.56. The molecule has 16 heavy (non-hydrogen) atoms. The monoisotopic (exact) mass is 231 g/mol. The molecule has 1 saturated heterocycles. The van der Waals surface area contributed by atoms with Crippen molar-refractivity contribution in [1.82, 2.24) is 5.32 Å². The van der Waals surface area contributed by atoms with E-state index in [9.17, 15) is 18.3 Å². The number of β-amino-alcohol motifs (C(OH)–C–C–N with tert-alkyl or cyclic N) is 1. The van der Waals surface area contributed by atoms with Crippen molar-refractivity contribution in [3.8, 4) is 0 Å². The Labute approximate surface area is 91.1 Å². The summed E-state index contributed by atoms with van der Waals surface area (Å²) in [5.41, 5.74) is -0.740. The summed E-state index contributed by atoms with van der Waals surface area (Å²) in [6, 6.07) is 1.38. The van der Waals surface area contributed by atoms with Crippen molar-refractivity contribution >= 4 is 0 Å². The third-order valence-electron chi connectivity index (χ3n) is 2.86. The van der Waals surface area contributed by atoms with Gasteiger partial charge in [0.15, 0.2) is 11.6 Å². The van der Waals surface area contributed by atoms with Crippen molar-refractivity contribution in [1.29, 1.82) is 0 Å². The molecule has 1 heterocycles. The third-order valence-corrected chi connectivity index (χ3v) is 2.86. The first-order chi connectivity index (χ1) is 7.50. The summed E-state index contributed by atoms with van der Waals surface area (Å²) in [5.74, 6) is -3.02. The molecule has 2 rings (SSSR count). The number of hydrogen-bond donors (Lipinski definition) is 2. The van der Waals surface area contributed by atoms with Gasteiger partial charge in [0.25, 0.3) is 0 Å². The molecule has 0 aromatic heterocycles. The fourth-order valence-electron chi connectivity index (χ4n) is 1.71. The van der Waals surface area contributed by atoms with Gasteiger partial charge in [-0.1, -0.05) is 0 Å². The predicted molar refractivity (Wildman–Crippen MR) is 52.5 cm³/mol. The smallest absolute Gasteiger partial charge is 0.161 e. The van der Waals surface area contributed by atoms with Gasteiger partial charge in [-0.2, -0.15) is 0 Å². The van der Waals surface area contributed by atoms with Crippen LogP contribution in [0.15, 0.2) is 12.1 Å².